The number of carbonyl (C=O) groups is 2. The van der Waals surface area contributed by atoms with Gasteiger partial charge in [-0.2, -0.15) is 0 Å². The number of rotatable bonds is 11. The summed E-state index contributed by atoms with van der Waals surface area (Å²) in [4.78, 5) is 24.3. The Bertz CT molecular complexity index is 876. The van der Waals surface area contributed by atoms with Gasteiger partial charge < -0.3 is 82.5 Å². The Morgan fingerprint density at radius 3 is 2.07 bits per heavy atom. The highest BCUT2D eigenvalue weighted by atomic mass is 16.7. The van der Waals surface area contributed by atoms with Crippen molar-refractivity contribution in [3.8, 4) is 0 Å². The first-order valence-corrected chi connectivity index (χ1v) is 13.4. The van der Waals surface area contributed by atoms with Crippen molar-refractivity contribution in [3.63, 3.8) is 0 Å². The van der Waals surface area contributed by atoms with Crippen LogP contribution < -0.4 is 27.8 Å². The van der Waals surface area contributed by atoms with E-state index in [9.17, 15) is 45.3 Å². The van der Waals surface area contributed by atoms with Crippen LogP contribution in [0, 0.1) is 0 Å². The van der Waals surface area contributed by atoms with Crippen molar-refractivity contribution in [2.24, 2.45) is 17.2 Å². The molecule has 2 amide bonds. The Morgan fingerprint density at radius 2 is 1.51 bits per heavy atom. The number of carbonyl (C=O) groups excluding carboxylic acids is 2. The molecule has 18 heteroatoms. The first kappa shape index (κ1) is 33.9. The summed E-state index contributed by atoms with van der Waals surface area (Å²) in [6.45, 7) is 0.306. The summed E-state index contributed by atoms with van der Waals surface area (Å²) < 4.78 is 23.0. The Labute approximate surface area is 235 Å². The molecule has 15 N–H and O–H groups in total. The molecule has 0 aromatic rings. The molecule has 2 heterocycles. The lowest BCUT2D eigenvalue weighted by atomic mass is 9.83. The molecule has 0 aromatic heterocycles. The van der Waals surface area contributed by atoms with Gasteiger partial charge in [-0.05, 0) is 19.4 Å². The Hall–Kier alpha value is -1.62. The van der Waals surface area contributed by atoms with Gasteiger partial charge in [-0.1, -0.05) is 0 Å². The SMILES string of the molecule is CC(=O)N[C@H]1[C@@H](O[C@H]2[C@H](O[C@@H]3O[C@H](CO)[C@H](O)[C@H]3O)[C@@H](O)[C@H](NC(=O)[C@@H](O)CCN)C[C@@H]2N)O[C@H](CN)[C@@H](O)[C@@H]1O. The van der Waals surface area contributed by atoms with Gasteiger partial charge in [0.15, 0.2) is 12.6 Å². The van der Waals surface area contributed by atoms with Gasteiger partial charge in [-0.15, -0.1) is 0 Å². The van der Waals surface area contributed by atoms with Crippen molar-refractivity contribution in [3.05, 3.63) is 0 Å². The molecule has 3 rings (SSSR count). The molecule has 15 atom stereocenters. The molecule has 3 aliphatic rings. The molecular formula is C23H43N5O13. The average Bonchev–Trinajstić information content (AvgIpc) is 3.20. The highest BCUT2D eigenvalue weighted by Gasteiger charge is 2.53. The van der Waals surface area contributed by atoms with E-state index in [4.69, 9.17) is 36.1 Å². The van der Waals surface area contributed by atoms with Crippen molar-refractivity contribution < 1.29 is 64.3 Å². The molecule has 0 radical (unpaired) electrons. The van der Waals surface area contributed by atoms with Crippen LogP contribution in [-0.2, 0) is 28.5 Å². The number of aliphatic hydroxyl groups is 7. The van der Waals surface area contributed by atoms with E-state index in [0.717, 1.165) is 0 Å². The van der Waals surface area contributed by atoms with Gasteiger partial charge in [-0.3, -0.25) is 9.59 Å². The van der Waals surface area contributed by atoms with Gasteiger partial charge in [0.1, 0.15) is 67.1 Å². The van der Waals surface area contributed by atoms with Crippen molar-refractivity contribution in [1.29, 1.82) is 0 Å². The number of nitrogens with one attached hydrogen (secondary N) is 2. The summed E-state index contributed by atoms with van der Waals surface area (Å²) >= 11 is 0. The van der Waals surface area contributed by atoms with Crippen LogP contribution in [0.25, 0.3) is 0 Å². The molecule has 2 aliphatic heterocycles. The van der Waals surface area contributed by atoms with Crippen molar-refractivity contribution in [2.75, 3.05) is 19.7 Å². The normalized spacial score (nSPS) is 43.9. The third-order valence-corrected chi connectivity index (χ3v) is 7.48. The van der Waals surface area contributed by atoms with E-state index in [1.807, 2.05) is 0 Å². The van der Waals surface area contributed by atoms with Crippen LogP contribution in [-0.4, -0.2) is 159 Å². The molecule has 0 bridgehead atoms. The van der Waals surface area contributed by atoms with Crippen molar-refractivity contribution in [2.45, 2.75) is 112 Å². The Morgan fingerprint density at radius 1 is 0.902 bits per heavy atom. The van der Waals surface area contributed by atoms with Gasteiger partial charge in [-0.25, -0.2) is 0 Å². The van der Waals surface area contributed by atoms with Crippen molar-refractivity contribution in [1.82, 2.24) is 10.6 Å². The number of ether oxygens (including phenoxy) is 4. The maximum atomic E-state index is 12.5. The second-order valence-electron chi connectivity index (χ2n) is 10.5. The van der Waals surface area contributed by atoms with E-state index in [-0.39, 0.29) is 25.9 Å². The molecule has 41 heavy (non-hydrogen) atoms. The van der Waals surface area contributed by atoms with Gasteiger partial charge >= 0.3 is 0 Å². The maximum Gasteiger partial charge on any atom is 0.249 e. The number of amides is 2. The minimum absolute atomic E-state index is 0.0232. The number of hydrogen-bond donors (Lipinski definition) is 12. The lowest BCUT2D eigenvalue weighted by molar-refractivity contribution is -0.309. The van der Waals surface area contributed by atoms with Crippen LogP contribution in [0.1, 0.15) is 19.8 Å². The summed E-state index contributed by atoms with van der Waals surface area (Å²) in [6, 6.07) is -3.46. The molecular weight excluding hydrogens is 554 g/mol. The van der Waals surface area contributed by atoms with E-state index in [0.29, 0.717) is 0 Å². The molecule has 0 aromatic carbocycles. The summed E-state index contributed by atoms with van der Waals surface area (Å²) in [6.07, 6.45) is -17.7. The summed E-state index contributed by atoms with van der Waals surface area (Å²) in [5.41, 5.74) is 17.5. The quantitative estimate of drug-likeness (QED) is 0.105. The summed E-state index contributed by atoms with van der Waals surface area (Å²) in [5.74, 6) is -1.42. The third-order valence-electron chi connectivity index (χ3n) is 7.48. The van der Waals surface area contributed by atoms with E-state index >= 15 is 0 Å². The van der Waals surface area contributed by atoms with E-state index < -0.39 is 110 Å². The fourth-order valence-electron chi connectivity index (χ4n) is 5.20. The van der Waals surface area contributed by atoms with Crippen LogP contribution in [0.4, 0.5) is 0 Å². The molecule has 0 unspecified atom stereocenters. The van der Waals surface area contributed by atoms with E-state index in [1.165, 1.54) is 6.92 Å². The fraction of sp³-hybridized carbons (Fsp3) is 0.913. The predicted molar refractivity (Wildman–Crippen MR) is 135 cm³/mol. The molecule has 18 nitrogen and oxygen atoms in total. The van der Waals surface area contributed by atoms with Gasteiger partial charge in [0.2, 0.25) is 11.8 Å². The van der Waals surface area contributed by atoms with Crippen LogP contribution in [0.5, 0.6) is 0 Å². The standard InChI is InChI=1S/C23H43N5O13/c1-7(30)27-13-17(35)15(33)11(5-25)38-22(13)40-19-8(26)4-9(28-21(37)10(31)2-3-24)14(32)20(19)41-23-18(36)16(34)12(6-29)39-23/h8-20,22-23,29,31-36H,2-6,24-26H2,1H3,(H,27,30)(H,28,37)/t8-,9+,10-,11+,12+,13+,14-,15+,16-,17+,18+,19+,20+,22+,23-/m0/s1. The number of hydrogen-bond acceptors (Lipinski definition) is 16. The minimum Gasteiger partial charge on any atom is -0.394 e. The first-order chi connectivity index (χ1) is 19.3. The molecule has 0 spiro atoms. The van der Waals surface area contributed by atoms with Crippen LogP contribution in [0.2, 0.25) is 0 Å². The Kier molecular flexibility index (Phi) is 12.2. The largest absolute Gasteiger partial charge is 0.394 e. The van der Waals surface area contributed by atoms with E-state index in [1.54, 1.807) is 0 Å². The highest BCUT2D eigenvalue weighted by molar-refractivity contribution is 5.80. The fourth-order valence-corrected chi connectivity index (χ4v) is 5.20. The highest BCUT2D eigenvalue weighted by Crippen LogP contribution is 2.33. The zero-order valence-corrected chi connectivity index (χ0v) is 22.5. The second kappa shape index (κ2) is 14.7. The lowest BCUT2D eigenvalue weighted by Crippen LogP contribution is -2.69. The van der Waals surface area contributed by atoms with Gasteiger partial charge in [0.25, 0.3) is 0 Å². The number of aliphatic hydroxyl groups excluding tert-OH is 7. The van der Waals surface area contributed by atoms with Gasteiger partial charge in [0, 0.05) is 19.5 Å². The average molecular weight is 598 g/mol. The zero-order chi connectivity index (χ0) is 30.6. The first-order valence-electron chi connectivity index (χ1n) is 13.4. The maximum absolute atomic E-state index is 12.5. The molecule has 2 saturated heterocycles. The van der Waals surface area contributed by atoms with Crippen LogP contribution >= 0.6 is 0 Å². The lowest BCUT2D eigenvalue weighted by Gasteiger charge is -2.48. The second-order valence-corrected chi connectivity index (χ2v) is 10.5. The molecule has 1 saturated carbocycles. The molecule has 238 valence electrons. The zero-order valence-electron chi connectivity index (χ0n) is 22.5. The van der Waals surface area contributed by atoms with Crippen LogP contribution in [0.3, 0.4) is 0 Å². The topological polar surface area (TPSA) is 315 Å². The van der Waals surface area contributed by atoms with E-state index in [2.05, 4.69) is 10.6 Å². The third kappa shape index (κ3) is 7.67. The minimum atomic E-state index is -1.66. The smallest absolute Gasteiger partial charge is 0.249 e. The van der Waals surface area contributed by atoms with Crippen molar-refractivity contribution >= 4 is 11.8 Å². The predicted octanol–water partition coefficient (Wildman–Crippen LogP) is -7.61. The van der Waals surface area contributed by atoms with Gasteiger partial charge in [0.05, 0.1) is 12.6 Å². The molecule has 1 aliphatic carbocycles. The summed E-state index contributed by atoms with van der Waals surface area (Å²) in [5, 5.41) is 77.3. The Balaban J connectivity index is 1.90. The number of nitrogens with two attached hydrogens (primary N) is 3. The summed E-state index contributed by atoms with van der Waals surface area (Å²) in [7, 11) is 0. The van der Waals surface area contributed by atoms with Crippen LogP contribution in [0.15, 0.2) is 0 Å². The molecule has 3 fully saturated rings. The monoisotopic (exact) mass is 597 g/mol.